The van der Waals surface area contributed by atoms with Crippen LogP contribution in [-0.4, -0.2) is 7.11 Å². The van der Waals surface area contributed by atoms with E-state index in [1.54, 1.807) is 13.2 Å². The van der Waals surface area contributed by atoms with E-state index in [1.807, 2.05) is 31.2 Å². The summed E-state index contributed by atoms with van der Waals surface area (Å²) in [7, 11) is 1.56. The second-order valence-corrected chi connectivity index (χ2v) is 4.70. The third-order valence-electron chi connectivity index (χ3n) is 3.11. The van der Waals surface area contributed by atoms with Gasteiger partial charge in [-0.1, -0.05) is 23.8 Å². The van der Waals surface area contributed by atoms with Gasteiger partial charge in [0.2, 0.25) is 0 Å². The van der Waals surface area contributed by atoms with E-state index in [4.69, 9.17) is 14.7 Å². The van der Waals surface area contributed by atoms with Gasteiger partial charge in [0.15, 0.2) is 0 Å². The zero-order chi connectivity index (χ0) is 14.5. The molecule has 0 saturated carbocycles. The van der Waals surface area contributed by atoms with Gasteiger partial charge in [-0.25, -0.2) is 0 Å². The van der Waals surface area contributed by atoms with Crippen LogP contribution in [0, 0.1) is 25.2 Å². The van der Waals surface area contributed by atoms with E-state index < -0.39 is 0 Å². The molecule has 0 unspecified atom stereocenters. The van der Waals surface area contributed by atoms with E-state index >= 15 is 0 Å². The molecule has 0 aliphatic carbocycles. The van der Waals surface area contributed by atoms with Crippen molar-refractivity contribution in [1.82, 2.24) is 0 Å². The van der Waals surface area contributed by atoms with Gasteiger partial charge in [0, 0.05) is 0 Å². The van der Waals surface area contributed by atoms with Gasteiger partial charge in [-0.15, -0.1) is 0 Å². The lowest BCUT2D eigenvalue weighted by atomic mass is 10.1. The summed E-state index contributed by atoms with van der Waals surface area (Å²) in [6.45, 7) is 4.54. The van der Waals surface area contributed by atoms with E-state index in [9.17, 15) is 0 Å². The first kappa shape index (κ1) is 14.0. The first-order chi connectivity index (χ1) is 9.63. The number of hydrogen-bond acceptors (Lipinski definition) is 3. The highest BCUT2D eigenvalue weighted by Crippen LogP contribution is 2.23. The molecule has 0 fully saturated rings. The van der Waals surface area contributed by atoms with E-state index in [2.05, 4.69) is 19.1 Å². The molecule has 0 spiro atoms. The Hall–Kier alpha value is -2.47. The number of nitrogens with zero attached hydrogens (tertiary/aromatic N) is 1. The number of ether oxygens (including phenoxy) is 2. The van der Waals surface area contributed by atoms with Crippen LogP contribution in [0.1, 0.15) is 22.3 Å². The minimum atomic E-state index is 0.450. The molecule has 0 aliphatic heterocycles. The minimum Gasteiger partial charge on any atom is -0.495 e. The van der Waals surface area contributed by atoms with Crippen molar-refractivity contribution in [2.75, 3.05) is 7.11 Å². The van der Waals surface area contributed by atoms with E-state index in [0.29, 0.717) is 17.9 Å². The number of benzene rings is 2. The fourth-order valence-corrected chi connectivity index (χ4v) is 2.04. The number of rotatable bonds is 4. The topological polar surface area (TPSA) is 42.2 Å². The molecule has 0 N–H and O–H groups in total. The fraction of sp³-hybridized carbons (Fsp3) is 0.235. The molecule has 20 heavy (non-hydrogen) atoms. The molecular weight excluding hydrogens is 250 g/mol. The summed E-state index contributed by atoms with van der Waals surface area (Å²) < 4.78 is 11.0. The average Bonchev–Trinajstić information content (AvgIpc) is 2.46. The van der Waals surface area contributed by atoms with Crippen molar-refractivity contribution < 1.29 is 9.47 Å². The lowest BCUT2D eigenvalue weighted by Crippen LogP contribution is -1.98. The molecule has 0 radical (unpaired) electrons. The van der Waals surface area contributed by atoms with Gasteiger partial charge >= 0.3 is 0 Å². The van der Waals surface area contributed by atoms with Gasteiger partial charge in [-0.05, 0) is 43.2 Å². The maximum absolute atomic E-state index is 8.95. The van der Waals surface area contributed by atoms with Crippen LogP contribution in [0.2, 0.25) is 0 Å². The summed E-state index contributed by atoms with van der Waals surface area (Å²) in [5.74, 6) is 1.45. The van der Waals surface area contributed by atoms with E-state index in [1.165, 1.54) is 5.56 Å². The van der Waals surface area contributed by atoms with Crippen molar-refractivity contribution in [3.8, 4) is 17.6 Å². The zero-order valence-corrected chi connectivity index (χ0v) is 11.9. The van der Waals surface area contributed by atoms with Crippen molar-refractivity contribution in [1.29, 1.82) is 5.26 Å². The van der Waals surface area contributed by atoms with Gasteiger partial charge < -0.3 is 9.47 Å². The van der Waals surface area contributed by atoms with Crippen molar-refractivity contribution in [2.45, 2.75) is 20.5 Å². The van der Waals surface area contributed by atoms with Crippen LogP contribution in [0.25, 0.3) is 0 Å². The summed E-state index contributed by atoms with van der Waals surface area (Å²) in [6.07, 6.45) is 0. The Balaban J connectivity index is 2.13. The standard InChI is InChI=1S/C17H17NO2/c1-12-4-7-16(13(2)8-12)20-11-14-5-6-15(10-18)17(9-14)19-3/h4-9H,11H2,1-3H3. The summed E-state index contributed by atoms with van der Waals surface area (Å²) in [5.41, 5.74) is 3.84. The molecule has 2 aromatic rings. The minimum absolute atomic E-state index is 0.450. The molecule has 102 valence electrons. The van der Waals surface area contributed by atoms with E-state index in [0.717, 1.165) is 16.9 Å². The van der Waals surface area contributed by atoms with Gasteiger partial charge in [0.25, 0.3) is 0 Å². The monoisotopic (exact) mass is 267 g/mol. The van der Waals surface area contributed by atoms with Crippen LogP contribution in [0.5, 0.6) is 11.5 Å². The Bertz CT molecular complexity index is 657. The van der Waals surface area contributed by atoms with Gasteiger partial charge in [-0.2, -0.15) is 5.26 Å². The van der Waals surface area contributed by atoms with Gasteiger partial charge in [0.1, 0.15) is 24.2 Å². The maximum atomic E-state index is 8.95. The molecule has 0 bridgehead atoms. The Morgan fingerprint density at radius 3 is 2.50 bits per heavy atom. The third kappa shape index (κ3) is 3.10. The Labute approximate surface area is 119 Å². The average molecular weight is 267 g/mol. The second-order valence-electron chi connectivity index (χ2n) is 4.70. The quantitative estimate of drug-likeness (QED) is 0.847. The summed E-state index contributed by atoms with van der Waals surface area (Å²) in [4.78, 5) is 0. The number of aryl methyl sites for hydroxylation is 2. The molecular formula is C17H17NO2. The predicted molar refractivity (Wildman–Crippen MR) is 78.0 cm³/mol. The number of hydrogen-bond donors (Lipinski definition) is 0. The molecule has 0 heterocycles. The van der Waals surface area contributed by atoms with Crippen molar-refractivity contribution in [3.63, 3.8) is 0 Å². The molecule has 0 aromatic heterocycles. The van der Waals surface area contributed by atoms with Crippen LogP contribution in [-0.2, 0) is 6.61 Å². The van der Waals surface area contributed by atoms with Crippen LogP contribution < -0.4 is 9.47 Å². The number of nitriles is 1. The lowest BCUT2D eigenvalue weighted by Gasteiger charge is -2.11. The van der Waals surface area contributed by atoms with Crippen LogP contribution >= 0.6 is 0 Å². The Kier molecular flexibility index (Phi) is 4.27. The molecule has 2 aromatic carbocycles. The first-order valence-electron chi connectivity index (χ1n) is 6.41. The highest BCUT2D eigenvalue weighted by Gasteiger charge is 2.05. The van der Waals surface area contributed by atoms with Gasteiger partial charge in [-0.3, -0.25) is 0 Å². The molecule has 0 amide bonds. The molecule has 2 rings (SSSR count). The highest BCUT2D eigenvalue weighted by molar-refractivity contribution is 5.45. The molecule has 3 heteroatoms. The molecule has 0 aliphatic rings. The van der Waals surface area contributed by atoms with E-state index in [-0.39, 0.29) is 0 Å². The third-order valence-corrected chi connectivity index (χ3v) is 3.11. The van der Waals surface area contributed by atoms with Crippen molar-refractivity contribution in [3.05, 3.63) is 58.7 Å². The molecule has 0 saturated heterocycles. The lowest BCUT2D eigenvalue weighted by molar-refractivity contribution is 0.303. The van der Waals surface area contributed by atoms with Crippen molar-refractivity contribution >= 4 is 0 Å². The first-order valence-corrected chi connectivity index (χ1v) is 6.41. The predicted octanol–water partition coefficient (Wildman–Crippen LogP) is 3.76. The van der Waals surface area contributed by atoms with Crippen LogP contribution in [0.15, 0.2) is 36.4 Å². The summed E-state index contributed by atoms with van der Waals surface area (Å²) in [5, 5.41) is 8.95. The van der Waals surface area contributed by atoms with Crippen LogP contribution in [0.4, 0.5) is 0 Å². The summed E-state index contributed by atoms with van der Waals surface area (Å²) >= 11 is 0. The molecule has 0 atom stereocenters. The zero-order valence-electron chi connectivity index (χ0n) is 11.9. The second kappa shape index (κ2) is 6.12. The highest BCUT2D eigenvalue weighted by atomic mass is 16.5. The van der Waals surface area contributed by atoms with Crippen molar-refractivity contribution in [2.24, 2.45) is 0 Å². The Morgan fingerprint density at radius 1 is 1.05 bits per heavy atom. The largest absolute Gasteiger partial charge is 0.495 e. The maximum Gasteiger partial charge on any atom is 0.137 e. The smallest absolute Gasteiger partial charge is 0.137 e. The van der Waals surface area contributed by atoms with Gasteiger partial charge in [0.05, 0.1) is 12.7 Å². The van der Waals surface area contributed by atoms with Crippen LogP contribution in [0.3, 0.4) is 0 Å². The Morgan fingerprint density at radius 2 is 1.85 bits per heavy atom. The number of methoxy groups -OCH3 is 1. The SMILES string of the molecule is COc1cc(COc2ccc(C)cc2C)ccc1C#N. The molecule has 3 nitrogen and oxygen atoms in total. The normalized spacial score (nSPS) is 9.90. The fourth-order valence-electron chi connectivity index (χ4n) is 2.04. The summed E-state index contributed by atoms with van der Waals surface area (Å²) in [6, 6.07) is 13.7.